The summed E-state index contributed by atoms with van der Waals surface area (Å²) in [5.74, 6) is 2.67. The fourth-order valence-electron chi connectivity index (χ4n) is 3.20. The average molecular weight is 274 g/mol. The first-order valence-electron chi connectivity index (χ1n) is 7.87. The Morgan fingerprint density at radius 3 is 2.90 bits per heavy atom. The lowest BCUT2D eigenvalue weighted by Gasteiger charge is -2.32. The van der Waals surface area contributed by atoms with Crippen molar-refractivity contribution in [3.8, 4) is 5.75 Å². The molecule has 2 N–H and O–H groups in total. The molecular weight excluding hydrogens is 246 g/mol. The Hall–Kier alpha value is -1.28. The third kappa shape index (κ3) is 3.86. The molecule has 1 aliphatic rings. The number of rotatable bonds is 6. The molecule has 0 amide bonds. The van der Waals surface area contributed by atoms with Crippen LogP contribution in [0.2, 0.25) is 0 Å². The molecular formula is C18H28NO+. The van der Waals surface area contributed by atoms with Gasteiger partial charge in [0.15, 0.2) is 0 Å². The maximum absolute atomic E-state index is 5.74. The zero-order chi connectivity index (χ0) is 14.4. The molecule has 0 unspecified atom stereocenters. The minimum Gasteiger partial charge on any atom is -0.489 e. The highest BCUT2D eigenvalue weighted by Crippen LogP contribution is 2.27. The van der Waals surface area contributed by atoms with E-state index in [2.05, 4.69) is 43.9 Å². The Morgan fingerprint density at radius 2 is 2.10 bits per heavy atom. The van der Waals surface area contributed by atoms with E-state index in [0.29, 0.717) is 6.61 Å². The average Bonchev–Trinajstić information content (AvgIpc) is 2.47. The quantitative estimate of drug-likeness (QED) is 0.792. The van der Waals surface area contributed by atoms with Gasteiger partial charge in [-0.05, 0) is 37.3 Å². The highest BCUT2D eigenvalue weighted by molar-refractivity contribution is 5.32. The predicted octanol–water partition coefficient (Wildman–Crippen LogP) is 3.14. The van der Waals surface area contributed by atoms with Crippen LogP contribution in [0.4, 0.5) is 0 Å². The fourth-order valence-corrected chi connectivity index (χ4v) is 3.20. The highest BCUT2D eigenvalue weighted by Gasteiger charge is 2.29. The first-order chi connectivity index (χ1) is 9.72. The van der Waals surface area contributed by atoms with Crippen LogP contribution in [0, 0.1) is 11.8 Å². The summed E-state index contributed by atoms with van der Waals surface area (Å²) in [6, 6.07) is 9.11. The Morgan fingerprint density at radius 1 is 1.30 bits per heavy atom. The van der Waals surface area contributed by atoms with Crippen molar-refractivity contribution in [3.05, 3.63) is 42.5 Å². The number of ether oxygens (including phenoxy) is 1. The van der Waals surface area contributed by atoms with Gasteiger partial charge >= 0.3 is 0 Å². The Balaban J connectivity index is 1.94. The van der Waals surface area contributed by atoms with Crippen LogP contribution in [0.25, 0.3) is 0 Å². The van der Waals surface area contributed by atoms with Gasteiger partial charge in [-0.2, -0.15) is 0 Å². The van der Waals surface area contributed by atoms with Gasteiger partial charge in [0.05, 0.1) is 6.04 Å². The predicted molar refractivity (Wildman–Crippen MR) is 83.7 cm³/mol. The monoisotopic (exact) mass is 274 g/mol. The van der Waals surface area contributed by atoms with E-state index in [1.165, 1.54) is 24.8 Å². The smallest absolute Gasteiger partial charge is 0.128 e. The van der Waals surface area contributed by atoms with Gasteiger partial charge in [0.25, 0.3) is 0 Å². The first kappa shape index (κ1) is 15.1. The standard InChI is InChI=1S/C18H27NO/c1-4-12-20-18-11-6-5-9-16(18)13-19-17-10-7-8-14(2)15(17)3/h4-6,9,11,14-15,17,19H,1,7-8,10,12-13H2,2-3H3/p+1/t14-,15+,17+/m0/s1. The van der Waals surface area contributed by atoms with Crippen LogP contribution in [-0.4, -0.2) is 12.6 Å². The van der Waals surface area contributed by atoms with Crippen LogP contribution in [0.3, 0.4) is 0 Å². The minimum atomic E-state index is 0.577. The molecule has 0 aliphatic heterocycles. The number of benzene rings is 1. The van der Waals surface area contributed by atoms with Crippen molar-refractivity contribution in [1.29, 1.82) is 0 Å². The van der Waals surface area contributed by atoms with Crippen molar-refractivity contribution in [2.75, 3.05) is 6.61 Å². The molecule has 3 atom stereocenters. The van der Waals surface area contributed by atoms with Gasteiger partial charge < -0.3 is 10.1 Å². The Labute approximate surface area is 123 Å². The largest absolute Gasteiger partial charge is 0.489 e. The van der Waals surface area contributed by atoms with Gasteiger partial charge in [-0.15, -0.1) is 0 Å². The molecule has 2 rings (SSSR count). The maximum atomic E-state index is 5.74. The summed E-state index contributed by atoms with van der Waals surface area (Å²) < 4.78 is 5.74. The molecule has 0 saturated heterocycles. The molecule has 0 spiro atoms. The van der Waals surface area contributed by atoms with E-state index in [-0.39, 0.29) is 0 Å². The van der Waals surface area contributed by atoms with E-state index >= 15 is 0 Å². The zero-order valence-corrected chi connectivity index (χ0v) is 12.8. The lowest BCUT2D eigenvalue weighted by molar-refractivity contribution is -0.713. The van der Waals surface area contributed by atoms with E-state index in [0.717, 1.165) is 30.2 Å². The SMILES string of the molecule is C=CCOc1ccccc1C[NH2+][C@@H]1CCC[C@H](C)[C@H]1C. The number of hydrogen-bond acceptors (Lipinski definition) is 1. The van der Waals surface area contributed by atoms with Gasteiger partial charge in [0, 0.05) is 11.5 Å². The van der Waals surface area contributed by atoms with Gasteiger partial charge in [-0.1, -0.05) is 38.6 Å². The third-order valence-corrected chi connectivity index (χ3v) is 4.74. The van der Waals surface area contributed by atoms with Gasteiger partial charge in [0.1, 0.15) is 18.9 Å². The molecule has 2 nitrogen and oxygen atoms in total. The highest BCUT2D eigenvalue weighted by atomic mass is 16.5. The third-order valence-electron chi connectivity index (χ3n) is 4.74. The molecule has 1 saturated carbocycles. The van der Waals surface area contributed by atoms with Gasteiger partial charge in [0.2, 0.25) is 0 Å². The van der Waals surface area contributed by atoms with Crippen LogP contribution >= 0.6 is 0 Å². The summed E-state index contributed by atoms with van der Waals surface area (Å²) in [5, 5.41) is 2.51. The van der Waals surface area contributed by atoms with E-state index in [9.17, 15) is 0 Å². The molecule has 2 heteroatoms. The second-order valence-electron chi connectivity index (χ2n) is 6.08. The van der Waals surface area contributed by atoms with Crippen molar-refractivity contribution in [2.45, 2.75) is 45.7 Å². The van der Waals surface area contributed by atoms with E-state index < -0.39 is 0 Å². The van der Waals surface area contributed by atoms with Crippen molar-refractivity contribution in [3.63, 3.8) is 0 Å². The van der Waals surface area contributed by atoms with E-state index in [4.69, 9.17) is 4.74 Å². The van der Waals surface area contributed by atoms with Crippen molar-refractivity contribution >= 4 is 0 Å². The number of hydrogen-bond donors (Lipinski definition) is 1. The summed E-state index contributed by atoms with van der Waals surface area (Å²) in [5.41, 5.74) is 1.29. The first-order valence-corrected chi connectivity index (χ1v) is 7.87. The topological polar surface area (TPSA) is 25.8 Å². The van der Waals surface area contributed by atoms with Crippen LogP contribution < -0.4 is 10.1 Å². The van der Waals surface area contributed by atoms with Crippen molar-refractivity contribution < 1.29 is 10.1 Å². The van der Waals surface area contributed by atoms with E-state index in [1.807, 2.05) is 6.07 Å². The summed E-state index contributed by atoms with van der Waals surface area (Å²) in [6.45, 7) is 10.1. The zero-order valence-electron chi connectivity index (χ0n) is 12.8. The van der Waals surface area contributed by atoms with Crippen LogP contribution in [-0.2, 0) is 6.54 Å². The summed E-state index contributed by atoms with van der Waals surface area (Å²) >= 11 is 0. The second kappa shape index (κ2) is 7.49. The fraction of sp³-hybridized carbons (Fsp3) is 0.556. The Kier molecular flexibility index (Phi) is 5.66. The van der Waals surface area contributed by atoms with Crippen LogP contribution in [0.5, 0.6) is 5.75 Å². The second-order valence-corrected chi connectivity index (χ2v) is 6.08. The Bertz CT molecular complexity index is 429. The molecule has 1 aromatic carbocycles. The summed E-state index contributed by atoms with van der Waals surface area (Å²) in [6.07, 6.45) is 5.92. The molecule has 1 fully saturated rings. The molecule has 1 aliphatic carbocycles. The molecule has 0 aromatic heterocycles. The molecule has 110 valence electrons. The summed E-state index contributed by atoms with van der Waals surface area (Å²) in [7, 11) is 0. The molecule has 0 bridgehead atoms. The molecule has 1 aromatic rings. The van der Waals surface area contributed by atoms with Crippen molar-refractivity contribution in [1.82, 2.24) is 0 Å². The minimum absolute atomic E-state index is 0.577. The maximum Gasteiger partial charge on any atom is 0.128 e. The number of quaternary nitrogens is 1. The van der Waals surface area contributed by atoms with Gasteiger partial charge in [-0.3, -0.25) is 0 Å². The van der Waals surface area contributed by atoms with E-state index in [1.54, 1.807) is 6.08 Å². The number of nitrogens with two attached hydrogens (primary N) is 1. The molecule has 0 heterocycles. The lowest BCUT2D eigenvalue weighted by atomic mass is 9.78. The summed E-state index contributed by atoms with van der Waals surface area (Å²) in [4.78, 5) is 0. The van der Waals surface area contributed by atoms with Crippen LogP contribution in [0.15, 0.2) is 36.9 Å². The normalized spacial score (nSPS) is 26.2. The molecule has 20 heavy (non-hydrogen) atoms. The van der Waals surface area contributed by atoms with Crippen LogP contribution in [0.1, 0.15) is 38.7 Å². The molecule has 0 radical (unpaired) electrons. The van der Waals surface area contributed by atoms with Gasteiger partial charge in [-0.25, -0.2) is 0 Å². The van der Waals surface area contributed by atoms with Crippen molar-refractivity contribution in [2.24, 2.45) is 11.8 Å². The number of para-hydroxylation sites is 1. The lowest BCUT2D eigenvalue weighted by Crippen LogP contribution is -2.90.